The van der Waals surface area contributed by atoms with Crippen LogP contribution in [0.3, 0.4) is 0 Å². The quantitative estimate of drug-likeness (QED) is 0.189. The van der Waals surface area contributed by atoms with Gasteiger partial charge in [0.1, 0.15) is 17.6 Å². The molecule has 0 amide bonds. The molecule has 1 aliphatic heterocycles. The van der Waals surface area contributed by atoms with Crippen molar-refractivity contribution in [2.45, 2.75) is 18.5 Å². The molecule has 0 spiro atoms. The molecule has 2 aromatic heterocycles. The fourth-order valence-corrected chi connectivity index (χ4v) is 5.17. The number of nitrogens with one attached hydrogen (secondary N) is 2. The summed E-state index contributed by atoms with van der Waals surface area (Å²) in [5.74, 6) is 1.48. The second-order valence-electron chi connectivity index (χ2n) is 8.29. The summed E-state index contributed by atoms with van der Waals surface area (Å²) in [5.41, 5.74) is 2.81. The second-order valence-corrected chi connectivity index (χ2v) is 9.52. The third-order valence-corrected chi connectivity index (χ3v) is 6.89. The molecular weight excluding hydrogens is 499 g/mol. The molecule has 4 aromatic rings. The van der Waals surface area contributed by atoms with Gasteiger partial charge in [-0.1, -0.05) is 47.5 Å². The van der Waals surface area contributed by atoms with Crippen molar-refractivity contribution in [1.82, 2.24) is 15.2 Å². The third kappa shape index (κ3) is 5.30. The van der Waals surface area contributed by atoms with E-state index in [0.29, 0.717) is 20.9 Å². The zero-order valence-corrected chi connectivity index (χ0v) is 21.2. The Morgan fingerprint density at radius 1 is 1.00 bits per heavy atom. The largest absolute Gasteiger partial charge is 0.459 e. The molecule has 0 saturated carbocycles. The first-order valence-electron chi connectivity index (χ1n) is 11.4. The first-order valence-corrected chi connectivity index (χ1v) is 12.6. The topological polar surface area (TPSA) is 53.3 Å². The summed E-state index contributed by atoms with van der Waals surface area (Å²) >= 11 is 18.3. The smallest absolute Gasteiger partial charge is 0.170 e. The van der Waals surface area contributed by atoms with Gasteiger partial charge in [0, 0.05) is 35.6 Å². The van der Waals surface area contributed by atoms with Gasteiger partial charge in [-0.15, -0.1) is 0 Å². The van der Waals surface area contributed by atoms with Crippen LogP contribution in [0.1, 0.15) is 30.0 Å². The van der Waals surface area contributed by atoms with E-state index in [4.69, 9.17) is 39.8 Å². The predicted octanol–water partition coefficient (Wildman–Crippen LogP) is 7.12. The van der Waals surface area contributed by atoms with E-state index in [1.54, 1.807) is 18.3 Å². The molecule has 1 saturated heterocycles. The average Bonchev–Trinajstić information content (AvgIpc) is 3.47. The first kappa shape index (κ1) is 23.7. The molecule has 2 N–H and O–H groups in total. The number of anilines is 1. The van der Waals surface area contributed by atoms with Crippen LogP contribution in [0.25, 0.3) is 11.3 Å². The van der Waals surface area contributed by atoms with E-state index in [-0.39, 0.29) is 12.1 Å². The zero-order chi connectivity index (χ0) is 24.2. The number of pyridine rings is 1. The Hall–Kier alpha value is -3.06. The summed E-state index contributed by atoms with van der Waals surface area (Å²) < 4.78 is 6.37. The standard InChI is InChI=1S/C27H24Cl2N4OS/c28-18-10-11-20(21(29)17-18)23-12-13-24(34-23)26-25(22-9-4-5-14-31-22)32-27(35)33(26)16-6-15-30-19-7-2-1-3-8-19/h1-5,7-14,17,25-26,30H,6,15-16H2,(H,32,35)/t25-,26+/m0/s1. The van der Waals surface area contributed by atoms with Gasteiger partial charge in [0.25, 0.3) is 0 Å². The molecule has 1 aliphatic rings. The maximum atomic E-state index is 6.44. The molecule has 0 unspecified atom stereocenters. The van der Waals surface area contributed by atoms with Crippen LogP contribution < -0.4 is 10.6 Å². The van der Waals surface area contributed by atoms with Crippen molar-refractivity contribution in [3.8, 4) is 11.3 Å². The highest BCUT2D eigenvalue weighted by Gasteiger charge is 2.41. The number of aromatic nitrogens is 1. The van der Waals surface area contributed by atoms with E-state index in [2.05, 4.69) is 32.7 Å². The number of nitrogens with zero attached hydrogens (tertiary/aromatic N) is 2. The number of hydrogen-bond donors (Lipinski definition) is 2. The molecule has 5 rings (SSSR count). The minimum atomic E-state index is -0.144. The van der Waals surface area contributed by atoms with Crippen LogP contribution in [-0.2, 0) is 0 Å². The van der Waals surface area contributed by atoms with E-state index >= 15 is 0 Å². The van der Waals surface area contributed by atoms with Crippen molar-refractivity contribution >= 4 is 46.2 Å². The maximum Gasteiger partial charge on any atom is 0.170 e. The zero-order valence-electron chi connectivity index (χ0n) is 18.8. The monoisotopic (exact) mass is 522 g/mol. The number of hydrogen-bond acceptors (Lipinski definition) is 4. The fraction of sp³-hybridized carbons (Fsp3) is 0.185. The molecule has 2 atom stereocenters. The number of benzene rings is 2. The van der Waals surface area contributed by atoms with Crippen molar-refractivity contribution in [2.75, 3.05) is 18.4 Å². The first-order chi connectivity index (χ1) is 17.1. The van der Waals surface area contributed by atoms with Crippen molar-refractivity contribution in [1.29, 1.82) is 0 Å². The third-order valence-electron chi connectivity index (χ3n) is 5.99. The number of halogens is 2. The van der Waals surface area contributed by atoms with E-state index in [0.717, 1.165) is 42.2 Å². The molecule has 2 aromatic carbocycles. The van der Waals surface area contributed by atoms with Crippen molar-refractivity contribution in [3.05, 3.63) is 107 Å². The molecular formula is C27H24Cl2N4OS. The molecule has 8 heteroatoms. The normalized spacial score (nSPS) is 17.4. The van der Waals surface area contributed by atoms with Gasteiger partial charge in [0.2, 0.25) is 0 Å². The molecule has 35 heavy (non-hydrogen) atoms. The molecule has 178 valence electrons. The Morgan fingerprint density at radius 3 is 2.60 bits per heavy atom. The van der Waals surface area contributed by atoms with Gasteiger partial charge in [-0.05, 0) is 73.2 Å². The molecule has 3 heterocycles. The minimum Gasteiger partial charge on any atom is -0.459 e. The van der Waals surface area contributed by atoms with Crippen molar-refractivity contribution in [2.24, 2.45) is 0 Å². The van der Waals surface area contributed by atoms with Crippen LogP contribution in [0.15, 0.2) is 89.5 Å². The average molecular weight is 523 g/mol. The van der Waals surface area contributed by atoms with Crippen LogP contribution in [0.2, 0.25) is 10.0 Å². The van der Waals surface area contributed by atoms with E-state index in [1.165, 1.54) is 0 Å². The molecule has 0 aliphatic carbocycles. The van der Waals surface area contributed by atoms with Gasteiger partial charge in [-0.3, -0.25) is 4.98 Å². The van der Waals surface area contributed by atoms with Gasteiger partial charge >= 0.3 is 0 Å². The van der Waals surface area contributed by atoms with Crippen LogP contribution in [0.5, 0.6) is 0 Å². The Morgan fingerprint density at radius 2 is 1.83 bits per heavy atom. The summed E-state index contributed by atoms with van der Waals surface area (Å²) in [4.78, 5) is 6.78. The predicted molar refractivity (Wildman–Crippen MR) is 146 cm³/mol. The van der Waals surface area contributed by atoms with Gasteiger partial charge in [-0.2, -0.15) is 0 Å². The Kier molecular flexibility index (Phi) is 7.23. The number of para-hydroxylation sites is 1. The summed E-state index contributed by atoms with van der Waals surface area (Å²) in [7, 11) is 0. The van der Waals surface area contributed by atoms with Crippen LogP contribution >= 0.6 is 35.4 Å². The van der Waals surface area contributed by atoms with Gasteiger partial charge in [-0.25, -0.2) is 0 Å². The van der Waals surface area contributed by atoms with Crippen molar-refractivity contribution in [3.63, 3.8) is 0 Å². The van der Waals surface area contributed by atoms with Crippen molar-refractivity contribution < 1.29 is 4.42 Å². The van der Waals surface area contributed by atoms with E-state index < -0.39 is 0 Å². The highest BCUT2D eigenvalue weighted by Crippen LogP contribution is 2.41. The summed E-state index contributed by atoms with van der Waals surface area (Å²) in [5, 5.41) is 8.75. The number of furan rings is 1. The van der Waals surface area contributed by atoms with Crippen LogP contribution in [-0.4, -0.2) is 28.1 Å². The van der Waals surface area contributed by atoms with Crippen LogP contribution in [0.4, 0.5) is 5.69 Å². The lowest BCUT2D eigenvalue weighted by molar-refractivity contribution is 0.274. The fourth-order valence-electron chi connectivity index (χ4n) is 4.34. The molecule has 1 fully saturated rings. The highest BCUT2D eigenvalue weighted by atomic mass is 35.5. The molecule has 5 nitrogen and oxygen atoms in total. The minimum absolute atomic E-state index is 0.134. The van der Waals surface area contributed by atoms with E-state index in [9.17, 15) is 0 Å². The van der Waals surface area contributed by atoms with Gasteiger partial charge in [0.05, 0.1) is 16.8 Å². The second kappa shape index (κ2) is 10.7. The number of thiocarbonyl (C=S) groups is 1. The van der Waals surface area contributed by atoms with E-state index in [1.807, 2.05) is 54.6 Å². The maximum absolute atomic E-state index is 6.44. The lowest BCUT2D eigenvalue weighted by Crippen LogP contribution is -2.31. The highest BCUT2D eigenvalue weighted by molar-refractivity contribution is 7.80. The molecule has 0 radical (unpaired) electrons. The lowest BCUT2D eigenvalue weighted by Gasteiger charge is -2.26. The summed E-state index contributed by atoms with van der Waals surface area (Å²) in [6.07, 6.45) is 2.70. The van der Waals surface area contributed by atoms with Gasteiger partial charge in [0.15, 0.2) is 5.11 Å². The Labute approximate surface area is 220 Å². The van der Waals surface area contributed by atoms with Gasteiger partial charge < -0.3 is 20.0 Å². The molecule has 0 bridgehead atoms. The Balaban J connectivity index is 1.39. The SMILES string of the molecule is S=C1N[C@@H](c2ccccn2)[C@@H](c2ccc(-c3ccc(Cl)cc3Cl)o2)N1CCCNc1ccccc1. The lowest BCUT2D eigenvalue weighted by atomic mass is 10.0. The van der Waals surface area contributed by atoms with Crippen LogP contribution in [0, 0.1) is 0 Å². The Bertz CT molecular complexity index is 1300. The summed E-state index contributed by atoms with van der Waals surface area (Å²) in [6, 6.07) is 25.1. The number of rotatable bonds is 8. The summed E-state index contributed by atoms with van der Waals surface area (Å²) in [6.45, 7) is 1.59.